The number of benzene rings is 1. The highest BCUT2D eigenvalue weighted by molar-refractivity contribution is 7.86. The van der Waals surface area contributed by atoms with Gasteiger partial charge in [-0.2, -0.15) is 8.42 Å². The van der Waals surface area contributed by atoms with E-state index in [1.807, 2.05) is 0 Å². The maximum atomic E-state index is 12.8. The first kappa shape index (κ1) is 17.8. The number of nitro groups is 1. The molecule has 1 fully saturated rings. The van der Waals surface area contributed by atoms with Crippen LogP contribution in [0.2, 0.25) is 0 Å². The zero-order chi connectivity index (χ0) is 18.1. The Morgan fingerprint density at radius 3 is 2.71 bits per heavy atom. The van der Waals surface area contributed by atoms with E-state index >= 15 is 0 Å². The predicted molar refractivity (Wildman–Crippen MR) is 79.8 cm³/mol. The number of esters is 1. The Morgan fingerprint density at radius 1 is 1.50 bits per heavy atom. The summed E-state index contributed by atoms with van der Waals surface area (Å²) in [5.41, 5.74) is -0.507. The topological polar surface area (TPSA) is 124 Å². The fourth-order valence-corrected chi connectivity index (χ4v) is 3.33. The van der Waals surface area contributed by atoms with Crippen LogP contribution in [0.15, 0.2) is 18.2 Å². The van der Waals surface area contributed by atoms with E-state index in [4.69, 9.17) is 0 Å². The van der Waals surface area contributed by atoms with Gasteiger partial charge in [-0.25, -0.2) is 4.79 Å². The van der Waals surface area contributed by atoms with Crippen LogP contribution in [0, 0.1) is 16.0 Å². The molecule has 0 radical (unpaired) electrons. The lowest BCUT2D eigenvalue weighted by Gasteiger charge is -2.19. The molecule has 9 nitrogen and oxygen atoms in total. The molecule has 1 aliphatic heterocycles. The number of rotatable bonds is 5. The van der Waals surface area contributed by atoms with Gasteiger partial charge in [-0.1, -0.05) is 0 Å². The number of carbonyl (C=O) groups excluding carboxylic acids is 2. The summed E-state index contributed by atoms with van der Waals surface area (Å²) in [6, 6.07) is 3.25. The highest BCUT2D eigenvalue weighted by atomic mass is 32.3. The molecule has 0 aliphatic carbocycles. The molecule has 1 atom stereocenters. The lowest BCUT2D eigenvalue weighted by atomic mass is 10.1. The van der Waals surface area contributed by atoms with Crippen LogP contribution >= 0.6 is 0 Å². The standard InChI is InChI=1S/C13H13FN2O7S/c1-23-13(18)10-3-2-9(16(19)20)5-11(10)15-6-8(4-12(15)17)7-24(14,21)22/h2-3,5,8H,4,6-7H2,1H3. The third-order valence-corrected chi connectivity index (χ3v) is 4.40. The van der Waals surface area contributed by atoms with Gasteiger partial charge in [-0.3, -0.25) is 14.9 Å². The molecular weight excluding hydrogens is 347 g/mol. The van der Waals surface area contributed by atoms with Gasteiger partial charge in [0.1, 0.15) is 0 Å². The average Bonchev–Trinajstić information content (AvgIpc) is 2.83. The first-order valence-corrected chi connectivity index (χ1v) is 8.27. The van der Waals surface area contributed by atoms with Gasteiger partial charge < -0.3 is 9.64 Å². The molecule has 0 spiro atoms. The summed E-state index contributed by atoms with van der Waals surface area (Å²) >= 11 is 0. The highest BCUT2D eigenvalue weighted by Crippen LogP contribution is 2.32. The van der Waals surface area contributed by atoms with Crippen molar-refractivity contribution in [2.24, 2.45) is 5.92 Å². The van der Waals surface area contributed by atoms with Crippen molar-refractivity contribution in [2.45, 2.75) is 6.42 Å². The molecule has 1 heterocycles. The fraction of sp³-hybridized carbons (Fsp3) is 0.385. The number of ether oxygens (including phenoxy) is 1. The number of anilines is 1. The normalized spacial score (nSPS) is 17.8. The Morgan fingerprint density at radius 2 is 2.17 bits per heavy atom. The molecule has 2 rings (SSSR count). The quantitative estimate of drug-likeness (QED) is 0.332. The van der Waals surface area contributed by atoms with E-state index in [1.54, 1.807) is 0 Å². The number of amides is 1. The van der Waals surface area contributed by atoms with E-state index in [0.717, 1.165) is 30.2 Å². The van der Waals surface area contributed by atoms with Gasteiger partial charge in [-0.05, 0) is 6.07 Å². The minimum absolute atomic E-state index is 0.0696. The second-order valence-electron chi connectivity index (χ2n) is 5.23. The lowest BCUT2D eigenvalue weighted by Crippen LogP contribution is -2.27. The monoisotopic (exact) mass is 360 g/mol. The van der Waals surface area contributed by atoms with Crippen molar-refractivity contribution in [3.63, 3.8) is 0 Å². The molecule has 1 aromatic carbocycles. The molecule has 0 aromatic heterocycles. The van der Waals surface area contributed by atoms with Gasteiger partial charge in [0.05, 0.1) is 29.0 Å². The first-order valence-electron chi connectivity index (χ1n) is 6.72. The van der Waals surface area contributed by atoms with Crippen molar-refractivity contribution in [3.05, 3.63) is 33.9 Å². The van der Waals surface area contributed by atoms with Gasteiger partial charge in [0.25, 0.3) is 5.69 Å². The molecular formula is C13H13FN2O7S. The number of halogens is 1. The second kappa shape index (κ2) is 6.51. The SMILES string of the molecule is COC(=O)c1ccc([N+](=O)[O-])cc1N1CC(CS(=O)(=O)F)CC1=O. The van der Waals surface area contributed by atoms with Crippen LogP contribution in [0.1, 0.15) is 16.8 Å². The van der Waals surface area contributed by atoms with Gasteiger partial charge in [0, 0.05) is 31.0 Å². The third kappa shape index (κ3) is 3.85. The van der Waals surface area contributed by atoms with Crippen LogP contribution in [-0.4, -0.2) is 44.6 Å². The average molecular weight is 360 g/mol. The molecule has 1 unspecified atom stereocenters. The summed E-state index contributed by atoms with van der Waals surface area (Å²) in [5, 5.41) is 10.9. The Bertz CT molecular complexity index is 809. The second-order valence-corrected chi connectivity index (χ2v) is 6.64. The number of non-ortho nitro benzene ring substituents is 1. The van der Waals surface area contributed by atoms with Crippen LogP contribution in [-0.2, 0) is 19.8 Å². The van der Waals surface area contributed by atoms with Crippen molar-refractivity contribution < 1.29 is 31.6 Å². The summed E-state index contributed by atoms with van der Waals surface area (Å²) < 4.78 is 38.9. The predicted octanol–water partition coefficient (Wildman–Crippen LogP) is 1.03. The molecule has 1 amide bonds. The fourth-order valence-electron chi connectivity index (χ4n) is 2.55. The molecule has 24 heavy (non-hydrogen) atoms. The number of nitrogens with zero attached hydrogens (tertiary/aromatic N) is 2. The van der Waals surface area contributed by atoms with Crippen molar-refractivity contribution in [1.29, 1.82) is 0 Å². The lowest BCUT2D eigenvalue weighted by molar-refractivity contribution is -0.384. The largest absolute Gasteiger partial charge is 0.465 e. The van der Waals surface area contributed by atoms with Gasteiger partial charge in [-0.15, -0.1) is 3.89 Å². The number of hydrogen-bond acceptors (Lipinski definition) is 7. The highest BCUT2D eigenvalue weighted by Gasteiger charge is 2.36. The molecule has 0 saturated carbocycles. The smallest absolute Gasteiger partial charge is 0.339 e. The molecule has 11 heteroatoms. The van der Waals surface area contributed by atoms with E-state index in [2.05, 4.69) is 4.74 Å². The van der Waals surface area contributed by atoms with E-state index in [-0.39, 0.29) is 29.9 Å². The zero-order valence-corrected chi connectivity index (χ0v) is 13.3. The van der Waals surface area contributed by atoms with Crippen LogP contribution in [0.3, 0.4) is 0 Å². The maximum absolute atomic E-state index is 12.8. The van der Waals surface area contributed by atoms with E-state index in [0.29, 0.717) is 0 Å². The number of methoxy groups -OCH3 is 1. The summed E-state index contributed by atoms with van der Waals surface area (Å²) in [6.07, 6.45) is -0.244. The maximum Gasteiger partial charge on any atom is 0.339 e. The van der Waals surface area contributed by atoms with Gasteiger partial charge in [0.15, 0.2) is 0 Å². The summed E-state index contributed by atoms with van der Waals surface area (Å²) in [4.78, 5) is 35.2. The number of nitro benzene ring substituents is 1. The Kier molecular flexibility index (Phi) is 4.83. The summed E-state index contributed by atoms with van der Waals surface area (Å²) in [7, 11) is -3.66. The van der Waals surface area contributed by atoms with E-state index in [1.165, 1.54) is 0 Å². The Balaban J connectivity index is 2.42. The zero-order valence-electron chi connectivity index (χ0n) is 12.5. The van der Waals surface area contributed by atoms with Crippen LogP contribution in [0.5, 0.6) is 0 Å². The molecule has 1 aromatic rings. The number of hydrogen-bond donors (Lipinski definition) is 0. The minimum Gasteiger partial charge on any atom is -0.465 e. The van der Waals surface area contributed by atoms with Crippen LogP contribution in [0.4, 0.5) is 15.3 Å². The number of carbonyl (C=O) groups is 2. The molecule has 0 bridgehead atoms. The van der Waals surface area contributed by atoms with E-state index < -0.39 is 38.7 Å². The third-order valence-electron chi connectivity index (χ3n) is 3.53. The molecule has 1 aliphatic rings. The van der Waals surface area contributed by atoms with Crippen LogP contribution in [0.25, 0.3) is 0 Å². The van der Waals surface area contributed by atoms with E-state index in [9.17, 15) is 32.0 Å². The molecule has 0 N–H and O–H groups in total. The Labute approximate surface area is 136 Å². The first-order chi connectivity index (χ1) is 11.1. The summed E-state index contributed by atoms with van der Waals surface area (Å²) in [5.74, 6) is -3.02. The Hall–Kier alpha value is -2.56. The van der Waals surface area contributed by atoms with Gasteiger partial charge >= 0.3 is 16.2 Å². The van der Waals surface area contributed by atoms with Crippen LogP contribution < -0.4 is 4.90 Å². The summed E-state index contributed by atoms with van der Waals surface area (Å²) in [6.45, 7) is -0.173. The molecule has 130 valence electrons. The minimum atomic E-state index is -4.77. The van der Waals surface area contributed by atoms with Crippen molar-refractivity contribution >= 4 is 33.5 Å². The van der Waals surface area contributed by atoms with Crippen molar-refractivity contribution in [2.75, 3.05) is 24.3 Å². The van der Waals surface area contributed by atoms with Crippen molar-refractivity contribution in [1.82, 2.24) is 0 Å². The molecule has 1 saturated heterocycles. The van der Waals surface area contributed by atoms with Crippen molar-refractivity contribution in [3.8, 4) is 0 Å². The van der Waals surface area contributed by atoms with Gasteiger partial charge in [0.2, 0.25) is 5.91 Å².